The molecule has 1 heterocycles. The molecule has 1 aromatic carbocycles. The van der Waals surface area contributed by atoms with Crippen LogP contribution in [0.25, 0.3) is 0 Å². The van der Waals surface area contributed by atoms with Gasteiger partial charge in [-0.2, -0.15) is 4.98 Å². The second-order valence-electron chi connectivity index (χ2n) is 5.32. The maximum Gasteiger partial charge on any atom is 0.224 e. The Morgan fingerprint density at radius 1 is 1.10 bits per heavy atom. The van der Waals surface area contributed by atoms with Crippen LogP contribution in [0.1, 0.15) is 26.0 Å². The molecular weight excluding hydrogens is 248 g/mol. The smallest absolute Gasteiger partial charge is 0.224 e. The third-order valence-electron chi connectivity index (χ3n) is 2.91. The third kappa shape index (κ3) is 4.53. The molecular formula is C16H22N4. The highest BCUT2D eigenvalue weighted by Gasteiger charge is 2.03. The molecule has 2 rings (SSSR count). The van der Waals surface area contributed by atoms with Crippen LogP contribution in [0, 0.1) is 12.8 Å². The average Bonchev–Trinajstić information content (AvgIpc) is 2.38. The molecule has 0 radical (unpaired) electrons. The summed E-state index contributed by atoms with van der Waals surface area (Å²) in [4.78, 5) is 8.90. The number of para-hydroxylation sites is 1. The van der Waals surface area contributed by atoms with Crippen LogP contribution in [0.5, 0.6) is 0 Å². The van der Waals surface area contributed by atoms with E-state index in [1.54, 1.807) is 0 Å². The Balaban J connectivity index is 2.04. The molecule has 0 atom stereocenters. The van der Waals surface area contributed by atoms with Crippen molar-refractivity contribution >= 4 is 17.5 Å². The molecule has 2 N–H and O–H groups in total. The molecule has 0 saturated carbocycles. The van der Waals surface area contributed by atoms with E-state index in [4.69, 9.17) is 0 Å². The molecule has 0 aliphatic rings. The van der Waals surface area contributed by atoms with Gasteiger partial charge in [-0.1, -0.05) is 32.0 Å². The standard InChI is InChI=1S/C16H22N4/c1-12(2)9-10-17-16-18-13(3)11-15(20-16)19-14-7-5-4-6-8-14/h4-8,11-12H,9-10H2,1-3H3,(H2,17,18,19,20). The second kappa shape index (κ2) is 6.89. The van der Waals surface area contributed by atoms with E-state index >= 15 is 0 Å². The normalized spacial score (nSPS) is 10.6. The molecule has 4 heteroatoms. The summed E-state index contributed by atoms with van der Waals surface area (Å²) in [5, 5.41) is 6.57. The minimum Gasteiger partial charge on any atom is -0.354 e. The van der Waals surface area contributed by atoms with E-state index in [2.05, 4.69) is 34.4 Å². The quantitative estimate of drug-likeness (QED) is 0.833. The van der Waals surface area contributed by atoms with Crippen LogP contribution >= 0.6 is 0 Å². The lowest BCUT2D eigenvalue weighted by Gasteiger charge is -2.10. The monoisotopic (exact) mass is 270 g/mol. The lowest BCUT2D eigenvalue weighted by Crippen LogP contribution is -2.09. The molecule has 0 amide bonds. The summed E-state index contributed by atoms with van der Waals surface area (Å²) < 4.78 is 0. The van der Waals surface area contributed by atoms with Crippen LogP contribution in [-0.2, 0) is 0 Å². The Labute approximate surface area is 120 Å². The first-order valence-electron chi connectivity index (χ1n) is 7.05. The Kier molecular flexibility index (Phi) is 4.93. The number of anilines is 3. The molecule has 0 aliphatic heterocycles. The molecule has 1 aromatic heterocycles. The van der Waals surface area contributed by atoms with Gasteiger partial charge in [0.05, 0.1) is 0 Å². The predicted molar refractivity (Wildman–Crippen MR) is 84.4 cm³/mol. The van der Waals surface area contributed by atoms with Crippen molar-refractivity contribution in [2.75, 3.05) is 17.2 Å². The van der Waals surface area contributed by atoms with Gasteiger partial charge in [0.1, 0.15) is 5.82 Å². The van der Waals surface area contributed by atoms with Crippen LogP contribution in [0.4, 0.5) is 17.5 Å². The predicted octanol–water partition coefficient (Wildman–Crippen LogP) is 3.99. The van der Waals surface area contributed by atoms with E-state index < -0.39 is 0 Å². The second-order valence-corrected chi connectivity index (χ2v) is 5.32. The van der Waals surface area contributed by atoms with Crippen LogP contribution < -0.4 is 10.6 Å². The number of nitrogens with zero attached hydrogens (tertiary/aromatic N) is 2. The van der Waals surface area contributed by atoms with Gasteiger partial charge in [-0.25, -0.2) is 4.98 Å². The van der Waals surface area contributed by atoms with E-state index in [0.717, 1.165) is 30.2 Å². The highest BCUT2D eigenvalue weighted by Crippen LogP contribution is 2.16. The zero-order valence-corrected chi connectivity index (χ0v) is 12.4. The van der Waals surface area contributed by atoms with Gasteiger partial charge in [0.25, 0.3) is 0 Å². The largest absolute Gasteiger partial charge is 0.354 e. The van der Waals surface area contributed by atoms with Crippen molar-refractivity contribution in [2.24, 2.45) is 5.92 Å². The van der Waals surface area contributed by atoms with Crippen LogP contribution in [0.15, 0.2) is 36.4 Å². The van der Waals surface area contributed by atoms with Crippen molar-refractivity contribution < 1.29 is 0 Å². The lowest BCUT2D eigenvalue weighted by molar-refractivity contribution is 0.606. The molecule has 2 aromatic rings. The van der Waals surface area contributed by atoms with Crippen molar-refractivity contribution in [3.05, 3.63) is 42.1 Å². The molecule has 0 aliphatic carbocycles. The summed E-state index contributed by atoms with van der Waals surface area (Å²) in [6.45, 7) is 7.29. The molecule has 0 spiro atoms. The average molecular weight is 270 g/mol. The lowest BCUT2D eigenvalue weighted by atomic mass is 10.1. The topological polar surface area (TPSA) is 49.8 Å². The molecule has 0 fully saturated rings. The Morgan fingerprint density at radius 2 is 1.85 bits per heavy atom. The van der Waals surface area contributed by atoms with Gasteiger partial charge in [-0.15, -0.1) is 0 Å². The fourth-order valence-corrected chi connectivity index (χ4v) is 1.85. The Bertz CT molecular complexity index is 537. The molecule has 106 valence electrons. The number of rotatable bonds is 6. The summed E-state index contributed by atoms with van der Waals surface area (Å²) in [6.07, 6.45) is 1.11. The zero-order chi connectivity index (χ0) is 14.4. The molecule has 0 bridgehead atoms. The summed E-state index contributed by atoms with van der Waals surface area (Å²) >= 11 is 0. The zero-order valence-electron chi connectivity index (χ0n) is 12.4. The van der Waals surface area contributed by atoms with E-state index in [1.165, 1.54) is 0 Å². The first-order chi connectivity index (χ1) is 9.63. The molecule has 0 unspecified atom stereocenters. The first kappa shape index (κ1) is 14.3. The van der Waals surface area contributed by atoms with Crippen molar-refractivity contribution in [3.8, 4) is 0 Å². The minimum atomic E-state index is 0.675. The third-order valence-corrected chi connectivity index (χ3v) is 2.91. The van der Waals surface area contributed by atoms with Gasteiger partial charge in [-0.3, -0.25) is 0 Å². The first-order valence-corrected chi connectivity index (χ1v) is 7.05. The summed E-state index contributed by atoms with van der Waals surface area (Å²) in [6, 6.07) is 12.0. The van der Waals surface area contributed by atoms with Gasteiger partial charge in [0, 0.05) is 24.0 Å². The van der Waals surface area contributed by atoms with E-state index in [9.17, 15) is 0 Å². The van der Waals surface area contributed by atoms with Crippen molar-refractivity contribution in [1.29, 1.82) is 0 Å². The van der Waals surface area contributed by atoms with Gasteiger partial charge >= 0.3 is 0 Å². The van der Waals surface area contributed by atoms with Crippen molar-refractivity contribution in [3.63, 3.8) is 0 Å². The number of benzene rings is 1. The maximum absolute atomic E-state index is 4.49. The molecule has 0 saturated heterocycles. The van der Waals surface area contributed by atoms with Crippen molar-refractivity contribution in [2.45, 2.75) is 27.2 Å². The molecule has 4 nitrogen and oxygen atoms in total. The van der Waals surface area contributed by atoms with Crippen LogP contribution in [0.3, 0.4) is 0 Å². The maximum atomic E-state index is 4.49. The van der Waals surface area contributed by atoms with Crippen LogP contribution in [0.2, 0.25) is 0 Å². The number of hydrogen-bond donors (Lipinski definition) is 2. The summed E-state index contributed by atoms with van der Waals surface area (Å²) in [5.41, 5.74) is 1.98. The van der Waals surface area contributed by atoms with Gasteiger partial charge < -0.3 is 10.6 Å². The van der Waals surface area contributed by atoms with Crippen LogP contribution in [-0.4, -0.2) is 16.5 Å². The van der Waals surface area contributed by atoms with E-state index in [-0.39, 0.29) is 0 Å². The minimum absolute atomic E-state index is 0.675. The van der Waals surface area contributed by atoms with E-state index in [1.807, 2.05) is 43.3 Å². The van der Waals surface area contributed by atoms with E-state index in [0.29, 0.717) is 11.9 Å². The number of aryl methyl sites for hydroxylation is 1. The highest BCUT2D eigenvalue weighted by molar-refractivity contribution is 5.57. The fourth-order valence-electron chi connectivity index (χ4n) is 1.85. The number of aromatic nitrogens is 2. The Hall–Kier alpha value is -2.10. The van der Waals surface area contributed by atoms with Crippen molar-refractivity contribution in [1.82, 2.24) is 9.97 Å². The number of hydrogen-bond acceptors (Lipinski definition) is 4. The number of nitrogens with one attached hydrogen (secondary N) is 2. The fraction of sp³-hybridized carbons (Fsp3) is 0.375. The Morgan fingerprint density at radius 3 is 2.55 bits per heavy atom. The highest BCUT2D eigenvalue weighted by atomic mass is 15.1. The summed E-state index contributed by atoms with van der Waals surface area (Å²) in [5.74, 6) is 2.18. The molecule has 20 heavy (non-hydrogen) atoms. The SMILES string of the molecule is Cc1cc(Nc2ccccc2)nc(NCCC(C)C)n1. The van der Waals surface area contributed by atoms with Gasteiger partial charge in [-0.05, 0) is 31.4 Å². The van der Waals surface area contributed by atoms with Gasteiger partial charge in [0.2, 0.25) is 5.95 Å². The van der Waals surface area contributed by atoms with Gasteiger partial charge in [0.15, 0.2) is 0 Å². The summed E-state index contributed by atoms with van der Waals surface area (Å²) in [7, 11) is 0.